The van der Waals surface area contributed by atoms with Gasteiger partial charge in [-0.25, -0.2) is 13.6 Å². The number of hydrogen-bond acceptors (Lipinski definition) is 2. The molecule has 0 aliphatic carbocycles. The second kappa shape index (κ2) is 7.64. The SMILES string of the molecule is CC(C)(C)OC(=O)N1CCC(CC(F)(F)c2cccc(C(F)(F)F)c2)CC1. The number of piperidine rings is 1. The van der Waals surface area contributed by atoms with Crippen LogP contribution in [0.3, 0.4) is 0 Å². The lowest BCUT2D eigenvalue weighted by Gasteiger charge is -2.34. The molecule has 1 amide bonds. The van der Waals surface area contributed by atoms with Gasteiger partial charge in [-0.2, -0.15) is 13.2 Å². The summed E-state index contributed by atoms with van der Waals surface area (Å²) in [6.45, 7) is 5.81. The number of benzene rings is 1. The summed E-state index contributed by atoms with van der Waals surface area (Å²) in [5.41, 5.74) is -2.35. The number of amides is 1. The van der Waals surface area contributed by atoms with Crippen molar-refractivity contribution in [3.05, 3.63) is 35.4 Å². The fraction of sp³-hybridized carbons (Fsp3) is 0.632. The van der Waals surface area contributed by atoms with Gasteiger partial charge in [0.05, 0.1) is 5.56 Å². The van der Waals surface area contributed by atoms with E-state index in [9.17, 15) is 26.7 Å². The average molecular weight is 393 g/mol. The Balaban J connectivity index is 1.97. The van der Waals surface area contributed by atoms with Gasteiger partial charge in [-0.1, -0.05) is 12.1 Å². The zero-order chi connectivity index (χ0) is 20.5. The number of halogens is 5. The highest BCUT2D eigenvalue weighted by Gasteiger charge is 2.39. The summed E-state index contributed by atoms with van der Waals surface area (Å²) in [6, 6.07) is 3.30. The summed E-state index contributed by atoms with van der Waals surface area (Å²) in [5, 5.41) is 0. The largest absolute Gasteiger partial charge is 0.444 e. The molecule has 0 spiro atoms. The minimum atomic E-state index is -4.66. The molecule has 0 unspecified atom stereocenters. The van der Waals surface area contributed by atoms with Crippen LogP contribution in [-0.2, 0) is 16.8 Å². The van der Waals surface area contributed by atoms with Crippen LogP contribution in [-0.4, -0.2) is 29.7 Å². The van der Waals surface area contributed by atoms with Gasteiger partial charge in [0.1, 0.15) is 5.60 Å². The van der Waals surface area contributed by atoms with Crippen LogP contribution in [0.4, 0.5) is 26.7 Å². The number of hydrogen-bond donors (Lipinski definition) is 0. The molecule has 0 aromatic heterocycles. The third kappa shape index (κ3) is 6.07. The second-order valence-corrected chi connectivity index (χ2v) is 7.90. The lowest BCUT2D eigenvalue weighted by Crippen LogP contribution is -2.42. The van der Waals surface area contributed by atoms with E-state index < -0.39 is 41.3 Å². The highest BCUT2D eigenvalue weighted by atomic mass is 19.4. The van der Waals surface area contributed by atoms with E-state index in [1.54, 1.807) is 20.8 Å². The van der Waals surface area contributed by atoms with Gasteiger partial charge >= 0.3 is 12.3 Å². The number of rotatable bonds is 3. The molecule has 1 aromatic rings. The van der Waals surface area contributed by atoms with Gasteiger partial charge in [-0.3, -0.25) is 0 Å². The molecular formula is C19H24F5NO2. The number of likely N-dealkylation sites (tertiary alicyclic amines) is 1. The highest BCUT2D eigenvalue weighted by molar-refractivity contribution is 5.68. The van der Waals surface area contributed by atoms with Crippen LogP contribution in [0.2, 0.25) is 0 Å². The Hall–Kier alpha value is -1.86. The first-order valence-corrected chi connectivity index (χ1v) is 8.81. The lowest BCUT2D eigenvalue weighted by atomic mass is 9.88. The molecule has 1 fully saturated rings. The maximum Gasteiger partial charge on any atom is 0.416 e. The van der Waals surface area contributed by atoms with Crippen molar-refractivity contribution in [1.82, 2.24) is 4.90 Å². The van der Waals surface area contributed by atoms with Gasteiger partial charge < -0.3 is 9.64 Å². The summed E-state index contributed by atoms with van der Waals surface area (Å²) in [6.07, 6.45) is -4.98. The van der Waals surface area contributed by atoms with Crippen LogP contribution in [0.15, 0.2) is 24.3 Å². The van der Waals surface area contributed by atoms with Gasteiger partial charge in [0.15, 0.2) is 0 Å². The predicted octanol–water partition coefficient (Wildman–Crippen LogP) is 5.83. The van der Waals surface area contributed by atoms with E-state index in [1.165, 1.54) is 4.90 Å². The number of alkyl halides is 5. The molecule has 3 nitrogen and oxygen atoms in total. The van der Waals surface area contributed by atoms with Gasteiger partial charge in [-0.05, 0) is 51.7 Å². The third-order valence-corrected chi connectivity index (χ3v) is 4.42. The van der Waals surface area contributed by atoms with E-state index in [-0.39, 0.29) is 19.0 Å². The van der Waals surface area contributed by atoms with Crippen molar-refractivity contribution >= 4 is 6.09 Å². The van der Waals surface area contributed by atoms with Crippen LogP contribution in [0.1, 0.15) is 51.2 Å². The Morgan fingerprint density at radius 1 is 1.07 bits per heavy atom. The molecule has 152 valence electrons. The Morgan fingerprint density at radius 3 is 2.15 bits per heavy atom. The molecular weight excluding hydrogens is 369 g/mol. The number of ether oxygens (including phenoxy) is 1. The van der Waals surface area contributed by atoms with E-state index in [1.807, 2.05) is 0 Å². The standard InChI is InChI=1S/C19H24F5NO2/c1-17(2,3)27-16(26)25-9-7-13(8-10-25)12-18(20,21)14-5-4-6-15(11-14)19(22,23)24/h4-6,11,13H,7-10,12H2,1-3H3. The van der Waals surface area contributed by atoms with Crippen LogP contribution >= 0.6 is 0 Å². The summed E-state index contributed by atoms with van der Waals surface area (Å²) in [5.74, 6) is -3.74. The molecule has 1 aliphatic heterocycles. The minimum Gasteiger partial charge on any atom is -0.444 e. The van der Waals surface area contributed by atoms with Gasteiger partial charge in [0.25, 0.3) is 5.92 Å². The zero-order valence-electron chi connectivity index (χ0n) is 15.6. The second-order valence-electron chi connectivity index (χ2n) is 7.90. The van der Waals surface area contributed by atoms with Crippen molar-refractivity contribution in [3.8, 4) is 0 Å². The summed E-state index contributed by atoms with van der Waals surface area (Å²) < 4.78 is 72.6. The fourth-order valence-corrected chi connectivity index (χ4v) is 3.05. The quantitative estimate of drug-likeness (QED) is 0.605. The van der Waals surface area contributed by atoms with Gasteiger partial charge in [-0.15, -0.1) is 0 Å². The van der Waals surface area contributed by atoms with Crippen molar-refractivity contribution in [2.24, 2.45) is 5.92 Å². The molecule has 8 heteroatoms. The Morgan fingerprint density at radius 2 is 1.63 bits per heavy atom. The summed E-state index contributed by atoms with van der Waals surface area (Å²) >= 11 is 0. The zero-order valence-corrected chi connectivity index (χ0v) is 15.6. The maximum absolute atomic E-state index is 14.5. The molecule has 27 heavy (non-hydrogen) atoms. The van der Waals surface area contributed by atoms with Crippen LogP contribution in [0.25, 0.3) is 0 Å². The minimum absolute atomic E-state index is 0.290. The smallest absolute Gasteiger partial charge is 0.416 e. The lowest BCUT2D eigenvalue weighted by molar-refractivity contribution is -0.137. The monoisotopic (exact) mass is 393 g/mol. The third-order valence-electron chi connectivity index (χ3n) is 4.42. The first kappa shape index (κ1) is 21.4. The Labute approximate surface area is 155 Å². The molecule has 0 bridgehead atoms. The van der Waals surface area contributed by atoms with Gasteiger partial charge in [0, 0.05) is 25.1 Å². The molecule has 1 aromatic carbocycles. The normalized spacial score (nSPS) is 17.1. The van der Waals surface area contributed by atoms with E-state index >= 15 is 0 Å². The first-order chi connectivity index (χ1) is 12.3. The number of carbonyl (C=O) groups is 1. The summed E-state index contributed by atoms with van der Waals surface area (Å²) in [4.78, 5) is 13.5. The first-order valence-electron chi connectivity index (χ1n) is 8.81. The van der Waals surface area contributed by atoms with Crippen molar-refractivity contribution < 1.29 is 31.5 Å². The molecule has 0 radical (unpaired) electrons. The molecule has 1 aliphatic rings. The molecule has 0 atom stereocenters. The van der Waals surface area contributed by atoms with E-state index in [0.29, 0.717) is 18.9 Å². The van der Waals surface area contributed by atoms with E-state index in [0.717, 1.165) is 18.2 Å². The van der Waals surface area contributed by atoms with Crippen LogP contribution in [0, 0.1) is 5.92 Å². The van der Waals surface area contributed by atoms with Crippen LogP contribution < -0.4 is 0 Å². The Bertz CT molecular complexity index is 659. The topological polar surface area (TPSA) is 29.5 Å². The highest BCUT2D eigenvalue weighted by Crippen LogP contribution is 2.40. The average Bonchev–Trinajstić information content (AvgIpc) is 2.53. The van der Waals surface area contributed by atoms with Crippen molar-refractivity contribution in [1.29, 1.82) is 0 Å². The van der Waals surface area contributed by atoms with E-state index in [4.69, 9.17) is 4.74 Å². The van der Waals surface area contributed by atoms with Crippen LogP contribution in [0.5, 0.6) is 0 Å². The number of nitrogens with zero attached hydrogens (tertiary/aromatic N) is 1. The summed E-state index contributed by atoms with van der Waals surface area (Å²) in [7, 11) is 0. The van der Waals surface area contributed by atoms with Gasteiger partial charge in [0.2, 0.25) is 0 Å². The Kier molecular flexibility index (Phi) is 6.06. The molecule has 0 N–H and O–H groups in total. The fourth-order valence-electron chi connectivity index (χ4n) is 3.05. The van der Waals surface area contributed by atoms with E-state index in [2.05, 4.69) is 0 Å². The van der Waals surface area contributed by atoms with Crippen molar-refractivity contribution in [3.63, 3.8) is 0 Å². The molecule has 2 rings (SSSR count). The van der Waals surface area contributed by atoms with Crippen molar-refractivity contribution in [2.75, 3.05) is 13.1 Å². The number of carbonyl (C=O) groups excluding carboxylic acids is 1. The predicted molar refractivity (Wildman–Crippen MR) is 90.5 cm³/mol. The van der Waals surface area contributed by atoms with Crippen molar-refractivity contribution in [2.45, 2.75) is 57.7 Å². The molecule has 0 saturated carbocycles. The molecule has 1 heterocycles. The maximum atomic E-state index is 14.5. The molecule has 1 saturated heterocycles.